The molecule has 0 aliphatic carbocycles. The Morgan fingerprint density at radius 1 is 1.75 bits per heavy atom. The standard InChI is InChI=1S/C9H18N2O/c1-5-8(3)10-7-9(12)11(4)6-2/h5,8,10H,1,6-7H2,2-4H3. The van der Waals surface area contributed by atoms with E-state index < -0.39 is 0 Å². The highest BCUT2D eigenvalue weighted by atomic mass is 16.2. The van der Waals surface area contributed by atoms with E-state index in [-0.39, 0.29) is 11.9 Å². The highest BCUT2D eigenvalue weighted by Gasteiger charge is 2.06. The first-order chi connectivity index (χ1) is 5.61. The quantitative estimate of drug-likeness (QED) is 0.614. The van der Waals surface area contributed by atoms with Crippen LogP contribution in [0.2, 0.25) is 0 Å². The molecule has 70 valence electrons. The van der Waals surface area contributed by atoms with Gasteiger partial charge in [0.05, 0.1) is 6.54 Å². The molecule has 0 heterocycles. The molecule has 0 fully saturated rings. The summed E-state index contributed by atoms with van der Waals surface area (Å²) in [6.07, 6.45) is 1.78. The Morgan fingerprint density at radius 3 is 2.75 bits per heavy atom. The smallest absolute Gasteiger partial charge is 0.236 e. The van der Waals surface area contributed by atoms with Gasteiger partial charge in [0.1, 0.15) is 0 Å². The Balaban J connectivity index is 3.63. The van der Waals surface area contributed by atoms with Crippen molar-refractivity contribution in [3.05, 3.63) is 12.7 Å². The molecule has 0 saturated heterocycles. The minimum atomic E-state index is 0.117. The molecule has 3 nitrogen and oxygen atoms in total. The predicted octanol–water partition coefficient (Wildman–Crippen LogP) is 0.629. The lowest BCUT2D eigenvalue weighted by Gasteiger charge is -2.16. The summed E-state index contributed by atoms with van der Waals surface area (Å²) in [5, 5.41) is 3.04. The average Bonchev–Trinajstić information content (AvgIpc) is 2.11. The van der Waals surface area contributed by atoms with Gasteiger partial charge < -0.3 is 10.2 Å². The van der Waals surface area contributed by atoms with Crippen LogP contribution in [0.3, 0.4) is 0 Å². The van der Waals surface area contributed by atoms with Crippen molar-refractivity contribution in [1.29, 1.82) is 0 Å². The van der Waals surface area contributed by atoms with Crippen molar-refractivity contribution in [3.63, 3.8) is 0 Å². The van der Waals surface area contributed by atoms with Gasteiger partial charge in [-0.3, -0.25) is 4.79 Å². The van der Waals surface area contributed by atoms with Gasteiger partial charge in [0.15, 0.2) is 0 Å². The van der Waals surface area contributed by atoms with Crippen molar-refractivity contribution < 1.29 is 4.79 Å². The maximum atomic E-state index is 11.2. The number of carbonyl (C=O) groups excluding carboxylic acids is 1. The number of nitrogens with zero attached hydrogens (tertiary/aromatic N) is 1. The first-order valence-electron chi connectivity index (χ1n) is 4.21. The third-order valence-electron chi connectivity index (χ3n) is 1.83. The van der Waals surface area contributed by atoms with Crippen LogP contribution in [0.5, 0.6) is 0 Å². The fourth-order valence-corrected chi connectivity index (χ4v) is 0.643. The fourth-order valence-electron chi connectivity index (χ4n) is 0.643. The second-order valence-electron chi connectivity index (χ2n) is 2.81. The van der Waals surface area contributed by atoms with Crippen molar-refractivity contribution >= 4 is 5.91 Å². The van der Waals surface area contributed by atoms with Crippen molar-refractivity contribution in [2.45, 2.75) is 19.9 Å². The van der Waals surface area contributed by atoms with Crippen molar-refractivity contribution in [3.8, 4) is 0 Å². The molecule has 0 aromatic carbocycles. The third-order valence-corrected chi connectivity index (χ3v) is 1.83. The fraction of sp³-hybridized carbons (Fsp3) is 0.667. The van der Waals surface area contributed by atoms with Gasteiger partial charge in [-0.1, -0.05) is 6.08 Å². The maximum Gasteiger partial charge on any atom is 0.236 e. The van der Waals surface area contributed by atoms with Crippen LogP contribution in [0.1, 0.15) is 13.8 Å². The number of amides is 1. The topological polar surface area (TPSA) is 32.3 Å². The second kappa shape index (κ2) is 5.77. The lowest BCUT2D eigenvalue weighted by Crippen LogP contribution is -2.38. The Morgan fingerprint density at radius 2 is 2.33 bits per heavy atom. The van der Waals surface area contributed by atoms with Gasteiger partial charge in [-0.15, -0.1) is 6.58 Å². The Kier molecular flexibility index (Phi) is 5.37. The number of hydrogen-bond donors (Lipinski definition) is 1. The first kappa shape index (κ1) is 11.2. The molecule has 1 amide bonds. The molecule has 0 aromatic heterocycles. The number of nitrogens with one attached hydrogen (secondary N) is 1. The molecule has 1 unspecified atom stereocenters. The monoisotopic (exact) mass is 170 g/mol. The van der Waals surface area contributed by atoms with E-state index in [0.29, 0.717) is 6.54 Å². The minimum absolute atomic E-state index is 0.117. The van der Waals surface area contributed by atoms with Crippen LogP contribution >= 0.6 is 0 Å². The van der Waals surface area contributed by atoms with Gasteiger partial charge in [0, 0.05) is 19.6 Å². The zero-order valence-corrected chi connectivity index (χ0v) is 8.13. The normalized spacial score (nSPS) is 12.2. The third kappa shape index (κ3) is 4.13. The summed E-state index contributed by atoms with van der Waals surface area (Å²) >= 11 is 0. The maximum absolute atomic E-state index is 11.2. The van der Waals surface area contributed by atoms with Gasteiger partial charge in [0.25, 0.3) is 0 Å². The summed E-state index contributed by atoms with van der Waals surface area (Å²) in [6.45, 7) is 8.67. The van der Waals surface area contributed by atoms with Gasteiger partial charge >= 0.3 is 0 Å². The molecule has 0 rings (SSSR count). The summed E-state index contributed by atoms with van der Waals surface area (Å²) in [5.74, 6) is 0.117. The number of rotatable bonds is 5. The van der Waals surface area contributed by atoms with Crippen molar-refractivity contribution in [2.24, 2.45) is 0 Å². The molecule has 0 radical (unpaired) electrons. The number of carbonyl (C=O) groups is 1. The van der Waals surface area contributed by atoms with Crippen LogP contribution in [0.15, 0.2) is 12.7 Å². The largest absolute Gasteiger partial charge is 0.345 e. The molecule has 0 aliphatic rings. The highest BCUT2D eigenvalue weighted by Crippen LogP contribution is 1.84. The molecule has 1 N–H and O–H groups in total. The van der Waals surface area contributed by atoms with E-state index >= 15 is 0 Å². The summed E-state index contributed by atoms with van der Waals surface area (Å²) in [6, 6.07) is 0.194. The van der Waals surface area contributed by atoms with Gasteiger partial charge in [-0.2, -0.15) is 0 Å². The van der Waals surface area contributed by atoms with Crippen LogP contribution in [0, 0.1) is 0 Å². The molecule has 0 aromatic rings. The number of likely N-dealkylation sites (N-methyl/N-ethyl adjacent to an activating group) is 1. The lowest BCUT2D eigenvalue weighted by molar-refractivity contribution is -0.128. The van der Waals surface area contributed by atoms with Gasteiger partial charge in [-0.25, -0.2) is 0 Å². The second-order valence-corrected chi connectivity index (χ2v) is 2.81. The summed E-state index contributed by atoms with van der Waals surface area (Å²) in [7, 11) is 1.79. The Hall–Kier alpha value is -0.830. The van der Waals surface area contributed by atoms with Crippen LogP contribution in [-0.2, 0) is 4.79 Å². The Labute approximate surface area is 74.4 Å². The van der Waals surface area contributed by atoms with E-state index in [2.05, 4.69) is 11.9 Å². The van der Waals surface area contributed by atoms with Crippen LogP contribution in [0.4, 0.5) is 0 Å². The van der Waals surface area contributed by atoms with Gasteiger partial charge in [0.2, 0.25) is 5.91 Å². The molecule has 0 spiro atoms. The van der Waals surface area contributed by atoms with E-state index in [1.54, 1.807) is 18.0 Å². The molecule has 3 heteroatoms. The molecule has 0 aliphatic heterocycles. The number of hydrogen-bond acceptors (Lipinski definition) is 2. The van der Waals surface area contributed by atoms with E-state index in [9.17, 15) is 4.79 Å². The molecule has 1 atom stereocenters. The SMILES string of the molecule is C=CC(C)NCC(=O)N(C)CC. The van der Waals surface area contributed by atoms with Crippen LogP contribution in [-0.4, -0.2) is 37.0 Å². The van der Waals surface area contributed by atoms with Crippen molar-refractivity contribution in [2.75, 3.05) is 20.1 Å². The molecular formula is C9H18N2O. The summed E-state index contributed by atoms with van der Waals surface area (Å²) in [4.78, 5) is 12.9. The van der Waals surface area contributed by atoms with E-state index in [1.165, 1.54) is 0 Å². The van der Waals surface area contributed by atoms with Crippen LogP contribution in [0.25, 0.3) is 0 Å². The predicted molar refractivity (Wildman–Crippen MR) is 51.0 cm³/mol. The molecule has 0 bridgehead atoms. The lowest BCUT2D eigenvalue weighted by atomic mass is 10.3. The zero-order chi connectivity index (χ0) is 9.56. The Bertz CT molecular complexity index is 157. The van der Waals surface area contributed by atoms with Crippen molar-refractivity contribution in [1.82, 2.24) is 10.2 Å². The highest BCUT2D eigenvalue weighted by molar-refractivity contribution is 5.77. The minimum Gasteiger partial charge on any atom is -0.345 e. The average molecular weight is 170 g/mol. The molecular weight excluding hydrogens is 152 g/mol. The molecule has 0 saturated carbocycles. The van der Waals surface area contributed by atoms with Crippen LogP contribution < -0.4 is 5.32 Å². The van der Waals surface area contributed by atoms with Gasteiger partial charge in [-0.05, 0) is 13.8 Å². The van der Waals surface area contributed by atoms with E-state index in [0.717, 1.165) is 6.54 Å². The summed E-state index contributed by atoms with van der Waals surface area (Å²) in [5.41, 5.74) is 0. The molecule has 12 heavy (non-hydrogen) atoms. The summed E-state index contributed by atoms with van der Waals surface area (Å²) < 4.78 is 0. The zero-order valence-electron chi connectivity index (χ0n) is 8.13. The first-order valence-corrected chi connectivity index (χ1v) is 4.21. The van der Waals surface area contributed by atoms with E-state index in [1.807, 2.05) is 13.8 Å². The van der Waals surface area contributed by atoms with E-state index in [4.69, 9.17) is 0 Å².